The van der Waals surface area contributed by atoms with Gasteiger partial charge in [-0.15, -0.1) is 12.4 Å². The van der Waals surface area contributed by atoms with E-state index < -0.39 is 6.04 Å². The summed E-state index contributed by atoms with van der Waals surface area (Å²) in [6.07, 6.45) is 2.19. The van der Waals surface area contributed by atoms with Crippen LogP contribution in [0.3, 0.4) is 0 Å². The molecule has 0 fully saturated rings. The van der Waals surface area contributed by atoms with Crippen molar-refractivity contribution < 1.29 is 9.53 Å². The first-order valence-electron chi connectivity index (χ1n) is 6.32. The summed E-state index contributed by atoms with van der Waals surface area (Å²) < 4.78 is 4.87. The highest BCUT2D eigenvalue weighted by atomic mass is 35.5. The molecule has 1 aromatic rings. The Labute approximate surface area is 120 Å². The minimum absolute atomic E-state index is 0. The lowest BCUT2D eigenvalue weighted by molar-refractivity contribution is -0.123. The van der Waals surface area contributed by atoms with Crippen LogP contribution in [-0.2, 0) is 16.0 Å². The maximum atomic E-state index is 11.7. The molecule has 0 heterocycles. The van der Waals surface area contributed by atoms with Crippen LogP contribution in [-0.4, -0.2) is 32.2 Å². The zero-order valence-corrected chi connectivity index (χ0v) is 11.9. The topological polar surface area (TPSA) is 64.3 Å². The van der Waals surface area contributed by atoms with Gasteiger partial charge < -0.3 is 15.8 Å². The summed E-state index contributed by atoms with van der Waals surface area (Å²) in [5, 5.41) is 2.91. The molecule has 0 saturated heterocycles. The lowest BCUT2D eigenvalue weighted by Crippen LogP contribution is -2.44. The molecule has 0 spiro atoms. The van der Waals surface area contributed by atoms with Crippen molar-refractivity contribution in [2.45, 2.75) is 24.8 Å². The first kappa shape index (κ1) is 16.0. The molecule has 1 aliphatic carbocycles. The number of fused-ring (bicyclic) bond motifs is 1. The number of benzene rings is 1. The van der Waals surface area contributed by atoms with E-state index in [-0.39, 0.29) is 24.9 Å². The number of ether oxygens (including phenoxy) is 1. The highest BCUT2D eigenvalue weighted by Gasteiger charge is 2.23. The monoisotopic (exact) mass is 284 g/mol. The Hall–Kier alpha value is -1.10. The zero-order chi connectivity index (χ0) is 13.0. The maximum Gasteiger partial charge on any atom is 0.239 e. The summed E-state index contributed by atoms with van der Waals surface area (Å²) in [7, 11) is 1.54. The molecule has 1 amide bonds. The van der Waals surface area contributed by atoms with Gasteiger partial charge in [0.2, 0.25) is 5.91 Å². The van der Waals surface area contributed by atoms with E-state index in [1.807, 2.05) is 0 Å². The van der Waals surface area contributed by atoms with Gasteiger partial charge in [-0.05, 0) is 24.0 Å². The molecular formula is C14H21ClN2O2. The largest absolute Gasteiger partial charge is 0.383 e. The molecule has 0 radical (unpaired) electrons. The van der Waals surface area contributed by atoms with E-state index >= 15 is 0 Å². The smallest absolute Gasteiger partial charge is 0.239 e. The fourth-order valence-corrected chi connectivity index (χ4v) is 2.47. The highest BCUT2D eigenvalue weighted by Crippen LogP contribution is 2.31. The van der Waals surface area contributed by atoms with E-state index in [1.165, 1.54) is 11.1 Å². The Morgan fingerprint density at radius 3 is 3.00 bits per heavy atom. The standard InChI is InChI=1S/C14H20N2O2.ClH/c1-18-9-13(15)14(17)16-8-11-7-6-10-4-2-3-5-12(10)11;/h2-5,11,13H,6-9,15H2,1H3,(H,16,17);1H. The van der Waals surface area contributed by atoms with Gasteiger partial charge in [-0.2, -0.15) is 0 Å². The van der Waals surface area contributed by atoms with E-state index in [0.29, 0.717) is 12.5 Å². The molecule has 106 valence electrons. The van der Waals surface area contributed by atoms with Gasteiger partial charge in [0.1, 0.15) is 6.04 Å². The van der Waals surface area contributed by atoms with Crippen molar-refractivity contribution in [3.05, 3.63) is 35.4 Å². The number of aryl methyl sites for hydroxylation is 1. The number of amides is 1. The summed E-state index contributed by atoms with van der Waals surface area (Å²) in [5.74, 6) is 0.279. The molecule has 3 N–H and O–H groups in total. The van der Waals surface area contributed by atoms with Crippen molar-refractivity contribution in [2.75, 3.05) is 20.3 Å². The molecule has 19 heavy (non-hydrogen) atoms. The third-order valence-electron chi connectivity index (χ3n) is 3.46. The second-order valence-corrected chi connectivity index (χ2v) is 4.74. The summed E-state index contributed by atoms with van der Waals surface area (Å²) in [5.41, 5.74) is 8.43. The van der Waals surface area contributed by atoms with Crippen LogP contribution in [0.4, 0.5) is 0 Å². The fraction of sp³-hybridized carbons (Fsp3) is 0.500. The highest BCUT2D eigenvalue weighted by molar-refractivity contribution is 5.85. The van der Waals surface area contributed by atoms with E-state index in [2.05, 4.69) is 29.6 Å². The Morgan fingerprint density at radius 2 is 2.26 bits per heavy atom. The summed E-state index contributed by atoms with van der Waals surface area (Å²) in [6.45, 7) is 0.917. The second kappa shape index (κ2) is 7.48. The van der Waals surface area contributed by atoms with Gasteiger partial charge in [-0.25, -0.2) is 0 Å². The third kappa shape index (κ3) is 3.93. The average molecular weight is 285 g/mol. The number of hydrogen-bond acceptors (Lipinski definition) is 3. The SMILES string of the molecule is COCC(N)C(=O)NCC1CCc2ccccc21.Cl. The van der Waals surface area contributed by atoms with Crippen molar-refractivity contribution in [1.82, 2.24) is 5.32 Å². The molecule has 5 heteroatoms. The van der Waals surface area contributed by atoms with Gasteiger partial charge in [-0.3, -0.25) is 4.79 Å². The summed E-state index contributed by atoms with van der Waals surface area (Å²) in [6, 6.07) is 7.85. The molecule has 1 aromatic carbocycles. The van der Waals surface area contributed by atoms with Gasteiger partial charge in [0, 0.05) is 19.6 Å². The number of nitrogens with one attached hydrogen (secondary N) is 1. The molecule has 1 aliphatic rings. The van der Waals surface area contributed by atoms with Crippen molar-refractivity contribution in [3.63, 3.8) is 0 Å². The Bertz CT molecular complexity index is 426. The first-order valence-corrected chi connectivity index (χ1v) is 6.32. The number of halogens is 1. The number of rotatable bonds is 5. The van der Waals surface area contributed by atoms with Crippen LogP contribution < -0.4 is 11.1 Å². The van der Waals surface area contributed by atoms with Gasteiger partial charge in [0.25, 0.3) is 0 Å². The van der Waals surface area contributed by atoms with Gasteiger partial charge in [0.15, 0.2) is 0 Å². The van der Waals surface area contributed by atoms with Gasteiger partial charge in [-0.1, -0.05) is 24.3 Å². The van der Waals surface area contributed by atoms with Crippen LogP contribution in [0, 0.1) is 0 Å². The number of nitrogens with two attached hydrogens (primary N) is 1. The van der Waals surface area contributed by atoms with E-state index in [1.54, 1.807) is 7.11 Å². The quantitative estimate of drug-likeness (QED) is 0.855. The molecule has 0 aliphatic heterocycles. The molecule has 4 nitrogen and oxygen atoms in total. The number of methoxy groups -OCH3 is 1. The minimum atomic E-state index is -0.577. The first-order chi connectivity index (χ1) is 8.72. The zero-order valence-electron chi connectivity index (χ0n) is 11.1. The molecule has 0 bridgehead atoms. The van der Waals surface area contributed by atoms with Crippen molar-refractivity contribution in [3.8, 4) is 0 Å². The summed E-state index contributed by atoms with van der Waals surface area (Å²) in [4.78, 5) is 11.7. The number of carbonyl (C=O) groups is 1. The second-order valence-electron chi connectivity index (χ2n) is 4.74. The Balaban J connectivity index is 0.00000180. The van der Waals surface area contributed by atoms with E-state index in [0.717, 1.165) is 12.8 Å². The molecule has 0 saturated carbocycles. The van der Waals surface area contributed by atoms with Crippen molar-refractivity contribution >= 4 is 18.3 Å². The van der Waals surface area contributed by atoms with Crippen LogP contribution >= 0.6 is 12.4 Å². The Morgan fingerprint density at radius 1 is 1.53 bits per heavy atom. The number of carbonyl (C=O) groups excluding carboxylic acids is 1. The van der Waals surface area contributed by atoms with Crippen molar-refractivity contribution in [1.29, 1.82) is 0 Å². The van der Waals surface area contributed by atoms with Crippen LogP contribution in [0.15, 0.2) is 24.3 Å². The lowest BCUT2D eigenvalue weighted by atomic mass is 10.0. The van der Waals surface area contributed by atoms with Gasteiger partial charge in [0.05, 0.1) is 6.61 Å². The Kier molecular flexibility index (Phi) is 6.28. The van der Waals surface area contributed by atoms with Crippen molar-refractivity contribution in [2.24, 2.45) is 5.73 Å². The molecule has 2 atom stereocenters. The number of hydrogen-bond donors (Lipinski definition) is 2. The predicted molar refractivity (Wildman–Crippen MR) is 77.6 cm³/mol. The van der Waals surface area contributed by atoms with Crippen LogP contribution in [0.5, 0.6) is 0 Å². The van der Waals surface area contributed by atoms with Crippen LogP contribution in [0.2, 0.25) is 0 Å². The molecular weight excluding hydrogens is 264 g/mol. The molecule has 0 aromatic heterocycles. The predicted octanol–water partition coefficient (Wildman–Crippen LogP) is 1.23. The maximum absolute atomic E-state index is 11.7. The minimum Gasteiger partial charge on any atom is -0.383 e. The van der Waals surface area contributed by atoms with Gasteiger partial charge >= 0.3 is 0 Å². The van der Waals surface area contributed by atoms with Crippen LogP contribution in [0.25, 0.3) is 0 Å². The van der Waals surface area contributed by atoms with E-state index in [4.69, 9.17) is 10.5 Å². The lowest BCUT2D eigenvalue weighted by Gasteiger charge is -2.15. The fourth-order valence-electron chi connectivity index (χ4n) is 2.47. The third-order valence-corrected chi connectivity index (χ3v) is 3.46. The average Bonchev–Trinajstić information content (AvgIpc) is 2.79. The molecule has 2 unspecified atom stereocenters. The molecule has 2 rings (SSSR count). The normalized spacial score (nSPS) is 18.3. The van der Waals surface area contributed by atoms with E-state index in [9.17, 15) is 4.79 Å². The summed E-state index contributed by atoms with van der Waals surface area (Å²) >= 11 is 0. The van der Waals surface area contributed by atoms with Crippen LogP contribution in [0.1, 0.15) is 23.5 Å².